The zero-order chi connectivity index (χ0) is 15.0. The molecule has 6 heteroatoms. The number of aryl methyl sites for hydroxylation is 1. The maximum absolute atomic E-state index is 12.0. The monoisotopic (exact) mass is 304 g/mol. The first-order valence-electron chi connectivity index (χ1n) is 6.63. The van der Waals surface area contributed by atoms with E-state index in [-0.39, 0.29) is 0 Å². The lowest BCUT2D eigenvalue weighted by Gasteiger charge is -2.18. The van der Waals surface area contributed by atoms with E-state index in [1.54, 1.807) is 18.4 Å². The molecule has 0 radical (unpaired) electrons. The van der Waals surface area contributed by atoms with Gasteiger partial charge in [0.25, 0.3) is 0 Å². The van der Waals surface area contributed by atoms with Gasteiger partial charge in [-0.15, -0.1) is 0 Å². The van der Waals surface area contributed by atoms with Gasteiger partial charge in [0.15, 0.2) is 0 Å². The van der Waals surface area contributed by atoms with E-state index in [2.05, 4.69) is 5.10 Å². The molecule has 5 nitrogen and oxygen atoms in total. The maximum Gasteiger partial charge on any atom is 0.247 e. The highest BCUT2D eigenvalue weighted by Gasteiger charge is 2.36. The number of rotatable bonds is 3. The molecule has 0 fully saturated rings. The molecule has 0 N–H and O–H groups in total. The van der Waals surface area contributed by atoms with Crippen LogP contribution < -0.4 is 0 Å². The van der Waals surface area contributed by atoms with Gasteiger partial charge in [-0.2, -0.15) is 9.52 Å². The molecule has 2 heterocycles. The summed E-state index contributed by atoms with van der Waals surface area (Å²) in [6.07, 6.45) is 3.21. The van der Waals surface area contributed by atoms with Gasteiger partial charge < -0.3 is 4.42 Å². The summed E-state index contributed by atoms with van der Waals surface area (Å²) in [5.74, 6) is 0.604. The Kier molecular flexibility index (Phi) is 3.33. The van der Waals surface area contributed by atoms with Crippen molar-refractivity contribution in [2.45, 2.75) is 19.4 Å². The number of nitrogens with zero attached hydrogens (tertiary/aromatic N) is 2. The SMILES string of the molecule is Cc1ccccc1C1=NN(S(C)(=O)=O)[C@H](c2ccco2)C1. The Hall–Kier alpha value is -2.08. The van der Waals surface area contributed by atoms with Gasteiger partial charge in [0.1, 0.15) is 11.8 Å². The van der Waals surface area contributed by atoms with E-state index in [9.17, 15) is 8.42 Å². The minimum Gasteiger partial charge on any atom is -0.467 e. The second-order valence-corrected chi connectivity index (χ2v) is 6.97. The average Bonchev–Trinajstić information content (AvgIpc) is 3.07. The zero-order valence-electron chi connectivity index (χ0n) is 11.9. The molecule has 0 saturated heterocycles. The third kappa shape index (κ3) is 2.58. The third-order valence-electron chi connectivity index (χ3n) is 3.54. The number of sulfonamides is 1. The molecule has 0 aliphatic carbocycles. The molecule has 0 spiro atoms. The topological polar surface area (TPSA) is 62.9 Å². The van der Waals surface area contributed by atoms with Crippen LogP contribution in [0, 0.1) is 6.92 Å². The van der Waals surface area contributed by atoms with Crippen molar-refractivity contribution in [3.05, 3.63) is 59.5 Å². The summed E-state index contributed by atoms with van der Waals surface area (Å²) in [5, 5.41) is 4.33. The Balaban J connectivity index is 2.04. The van der Waals surface area contributed by atoms with Gasteiger partial charge >= 0.3 is 0 Å². The molecule has 0 bridgehead atoms. The van der Waals surface area contributed by atoms with Crippen molar-refractivity contribution in [3.8, 4) is 0 Å². The van der Waals surface area contributed by atoms with Crippen LogP contribution in [0.4, 0.5) is 0 Å². The molecule has 110 valence electrons. The molecule has 1 atom stereocenters. The average molecular weight is 304 g/mol. The van der Waals surface area contributed by atoms with E-state index in [0.717, 1.165) is 27.5 Å². The summed E-state index contributed by atoms with van der Waals surface area (Å²) in [5.41, 5.74) is 2.81. The molecule has 1 aliphatic rings. The highest BCUT2D eigenvalue weighted by atomic mass is 32.2. The summed E-state index contributed by atoms with van der Waals surface area (Å²) in [4.78, 5) is 0. The summed E-state index contributed by atoms with van der Waals surface area (Å²) in [6.45, 7) is 1.99. The molecule has 0 amide bonds. The number of furan rings is 1. The van der Waals surface area contributed by atoms with Crippen LogP contribution in [0.15, 0.2) is 52.2 Å². The van der Waals surface area contributed by atoms with E-state index in [1.165, 1.54) is 0 Å². The van der Waals surface area contributed by atoms with Crippen molar-refractivity contribution >= 4 is 15.7 Å². The Morgan fingerprint density at radius 3 is 2.62 bits per heavy atom. The Morgan fingerprint density at radius 2 is 2.00 bits per heavy atom. The van der Waals surface area contributed by atoms with E-state index in [0.29, 0.717) is 12.2 Å². The minimum atomic E-state index is -3.45. The van der Waals surface area contributed by atoms with Crippen molar-refractivity contribution in [3.63, 3.8) is 0 Å². The zero-order valence-corrected chi connectivity index (χ0v) is 12.7. The van der Waals surface area contributed by atoms with Crippen LogP contribution in [0.3, 0.4) is 0 Å². The number of hydrazone groups is 1. The van der Waals surface area contributed by atoms with Gasteiger partial charge in [-0.3, -0.25) is 0 Å². The van der Waals surface area contributed by atoms with Crippen molar-refractivity contribution < 1.29 is 12.8 Å². The quantitative estimate of drug-likeness (QED) is 0.876. The fourth-order valence-corrected chi connectivity index (χ4v) is 3.43. The Morgan fingerprint density at radius 1 is 1.24 bits per heavy atom. The third-order valence-corrected chi connectivity index (χ3v) is 4.56. The number of benzene rings is 1. The van der Waals surface area contributed by atoms with E-state index in [1.807, 2.05) is 31.2 Å². The molecule has 1 aliphatic heterocycles. The number of hydrogen-bond acceptors (Lipinski definition) is 4. The van der Waals surface area contributed by atoms with Gasteiger partial charge in [0, 0.05) is 12.0 Å². The highest BCUT2D eigenvalue weighted by Crippen LogP contribution is 2.35. The predicted octanol–water partition coefficient (Wildman–Crippen LogP) is 2.70. The summed E-state index contributed by atoms with van der Waals surface area (Å²) >= 11 is 0. The second-order valence-electron chi connectivity index (χ2n) is 5.13. The molecule has 21 heavy (non-hydrogen) atoms. The second kappa shape index (κ2) is 5.04. The summed E-state index contributed by atoms with van der Waals surface area (Å²) < 4.78 is 30.5. The Labute approximate surface area is 123 Å². The van der Waals surface area contributed by atoms with Gasteiger partial charge in [-0.05, 0) is 24.6 Å². The fourth-order valence-electron chi connectivity index (χ4n) is 2.55. The van der Waals surface area contributed by atoms with Crippen LogP contribution in [0.25, 0.3) is 0 Å². The summed E-state index contributed by atoms with van der Waals surface area (Å²) in [6, 6.07) is 10.9. The molecule has 0 saturated carbocycles. The van der Waals surface area contributed by atoms with Crippen molar-refractivity contribution in [2.24, 2.45) is 5.10 Å². The van der Waals surface area contributed by atoms with Gasteiger partial charge in [-0.25, -0.2) is 8.42 Å². The standard InChI is InChI=1S/C15H16N2O3S/c1-11-6-3-4-7-12(11)13-10-14(15-8-5-9-20-15)17(16-13)21(2,18)19/h3-9,14H,10H2,1-2H3/t14-/m0/s1. The largest absolute Gasteiger partial charge is 0.467 e. The first-order chi connectivity index (χ1) is 9.97. The first kappa shape index (κ1) is 13.9. The van der Waals surface area contributed by atoms with Crippen LogP contribution in [-0.4, -0.2) is 24.8 Å². The lowest BCUT2D eigenvalue weighted by atomic mass is 9.99. The molecular formula is C15H16N2O3S. The lowest BCUT2D eigenvalue weighted by molar-refractivity contribution is 0.322. The van der Waals surface area contributed by atoms with Crippen LogP contribution in [-0.2, 0) is 10.0 Å². The van der Waals surface area contributed by atoms with E-state index >= 15 is 0 Å². The molecule has 2 aromatic rings. The summed E-state index contributed by atoms with van der Waals surface area (Å²) in [7, 11) is -3.45. The van der Waals surface area contributed by atoms with Crippen LogP contribution in [0.5, 0.6) is 0 Å². The van der Waals surface area contributed by atoms with Crippen LogP contribution in [0.2, 0.25) is 0 Å². The predicted molar refractivity (Wildman–Crippen MR) is 80.5 cm³/mol. The smallest absolute Gasteiger partial charge is 0.247 e. The van der Waals surface area contributed by atoms with Gasteiger partial charge in [-0.1, -0.05) is 24.3 Å². The van der Waals surface area contributed by atoms with Gasteiger partial charge in [0.05, 0.1) is 18.2 Å². The molecule has 0 unspecified atom stereocenters. The highest BCUT2D eigenvalue weighted by molar-refractivity contribution is 7.88. The number of hydrogen-bond donors (Lipinski definition) is 0. The van der Waals surface area contributed by atoms with Crippen molar-refractivity contribution in [2.75, 3.05) is 6.26 Å². The first-order valence-corrected chi connectivity index (χ1v) is 8.48. The van der Waals surface area contributed by atoms with E-state index < -0.39 is 16.1 Å². The molecular weight excluding hydrogens is 288 g/mol. The van der Waals surface area contributed by atoms with E-state index in [4.69, 9.17) is 4.42 Å². The Bertz CT molecular complexity index is 779. The maximum atomic E-state index is 12.0. The minimum absolute atomic E-state index is 0.412. The van der Waals surface area contributed by atoms with Crippen molar-refractivity contribution in [1.29, 1.82) is 0 Å². The van der Waals surface area contributed by atoms with Crippen LogP contribution in [0.1, 0.15) is 29.3 Å². The van der Waals surface area contributed by atoms with Crippen molar-refractivity contribution in [1.82, 2.24) is 4.41 Å². The fraction of sp³-hybridized carbons (Fsp3) is 0.267. The molecule has 3 rings (SSSR count). The van der Waals surface area contributed by atoms with Gasteiger partial charge in [0.2, 0.25) is 10.0 Å². The van der Waals surface area contributed by atoms with Crippen LogP contribution >= 0.6 is 0 Å². The normalized spacial score (nSPS) is 18.9. The molecule has 1 aromatic heterocycles. The lowest BCUT2D eigenvalue weighted by Crippen LogP contribution is -2.25. The molecule has 1 aromatic carbocycles.